The summed E-state index contributed by atoms with van der Waals surface area (Å²) >= 11 is 0. The lowest BCUT2D eigenvalue weighted by Gasteiger charge is -2.34. The van der Waals surface area contributed by atoms with E-state index in [1.54, 1.807) is 21.1 Å². The van der Waals surface area contributed by atoms with Crippen molar-refractivity contribution in [1.29, 1.82) is 0 Å². The molecule has 0 aliphatic carbocycles. The van der Waals surface area contributed by atoms with E-state index in [-0.39, 0.29) is 42.7 Å². The molecule has 0 amide bonds. The lowest BCUT2D eigenvalue weighted by Crippen LogP contribution is -2.55. The molecule has 2 atom stereocenters. The van der Waals surface area contributed by atoms with Crippen molar-refractivity contribution in [2.24, 2.45) is 0 Å². The predicted octanol–water partition coefficient (Wildman–Crippen LogP) is 10.5. The summed E-state index contributed by atoms with van der Waals surface area (Å²) in [5, 5.41) is 11.6. The number of esters is 2. The summed E-state index contributed by atoms with van der Waals surface area (Å²) in [7, 11) is 5.39. The Labute approximate surface area is 337 Å². The van der Waals surface area contributed by atoms with Gasteiger partial charge in [-0.2, -0.15) is 0 Å². The number of carbonyl (C=O) groups excluding carboxylic acids is 3. The van der Waals surface area contributed by atoms with Crippen molar-refractivity contribution in [1.82, 2.24) is 0 Å². The molecule has 0 aliphatic rings. The number of aliphatic carboxylic acids is 1. The third-order valence-electron chi connectivity index (χ3n) is 9.42. The second-order valence-electron chi connectivity index (χ2n) is 15.6. The van der Waals surface area contributed by atoms with Crippen molar-refractivity contribution in [2.45, 2.75) is 180 Å². The highest BCUT2D eigenvalue weighted by Crippen LogP contribution is 2.13. The number of carboxylic acid groups (broad SMARTS) is 1. The van der Waals surface area contributed by atoms with Crippen LogP contribution in [-0.4, -0.2) is 75.5 Å². The van der Waals surface area contributed by atoms with Gasteiger partial charge in [-0.3, -0.25) is 9.59 Å². The topological polar surface area (TPSA) is 102 Å². The molecule has 0 bridgehead atoms. The van der Waals surface area contributed by atoms with Crippen molar-refractivity contribution in [3.8, 4) is 0 Å². The highest BCUT2D eigenvalue weighted by Gasteiger charge is 2.25. The van der Waals surface area contributed by atoms with E-state index in [1.807, 2.05) is 0 Å². The van der Waals surface area contributed by atoms with E-state index in [0.717, 1.165) is 89.9 Å². The first-order valence-electron chi connectivity index (χ1n) is 21.8. The van der Waals surface area contributed by atoms with E-state index in [1.165, 1.54) is 44.9 Å². The van der Waals surface area contributed by atoms with Gasteiger partial charge in [0.2, 0.25) is 0 Å². The van der Waals surface area contributed by atoms with Gasteiger partial charge in [0.15, 0.2) is 6.10 Å². The van der Waals surface area contributed by atoms with Crippen molar-refractivity contribution >= 4 is 17.9 Å². The number of carboxylic acids is 1. The molecule has 0 aromatic heterocycles. The molecule has 8 heteroatoms. The fourth-order valence-corrected chi connectivity index (χ4v) is 6.02. The van der Waals surface area contributed by atoms with Gasteiger partial charge in [0.25, 0.3) is 0 Å². The highest BCUT2D eigenvalue weighted by atomic mass is 16.6. The first-order chi connectivity index (χ1) is 26.6. The maximum atomic E-state index is 12.7. The van der Waals surface area contributed by atoms with Gasteiger partial charge < -0.3 is 28.6 Å². The summed E-state index contributed by atoms with van der Waals surface area (Å²) in [6.45, 7) is 4.48. The highest BCUT2D eigenvalue weighted by molar-refractivity contribution is 5.70. The fourth-order valence-electron chi connectivity index (χ4n) is 6.02. The van der Waals surface area contributed by atoms with Gasteiger partial charge in [-0.05, 0) is 70.6 Å². The number of quaternary nitrogens is 1. The number of allylic oxidation sites excluding steroid dienone is 10. The van der Waals surface area contributed by atoms with Crippen LogP contribution in [0.4, 0.5) is 0 Å². The third kappa shape index (κ3) is 36.4. The van der Waals surface area contributed by atoms with Crippen LogP contribution in [0.5, 0.6) is 0 Å². The minimum Gasteiger partial charge on any atom is -0.544 e. The van der Waals surface area contributed by atoms with Crippen LogP contribution >= 0.6 is 0 Å². The summed E-state index contributed by atoms with van der Waals surface area (Å²) < 4.78 is 17.1. The first kappa shape index (κ1) is 52.0. The normalized spacial score (nSPS) is 13.5. The number of unbranched alkanes of at least 4 members (excludes halogenated alkanes) is 15. The van der Waals surface area contributed by atoms with Gasteiger partial charge in [-0.1, -0.05) is 139 Å². The number of carbonyl (C=O) groups is 3. The zero-order valence-electron chi connectivity index (χ0n) is 35.8. The molecule has 55 heavy (non-hydrogen) atoms. The van der Waals surface area contributed by atoms with Gasteiger partial charge >= 0.3 is 11.9 Å². The summed E-state index contributed by atoms with van der Waals surface area (Å²) in [6.07, 6.45) is 45.2. The smallest absolute Gasteiger partial charge is 0.306 e. The van der Waals surface area contributed by atoms with Crippen LogP contribution in [0.1, 0.15) is 168 Å². The van der Waals surface area contributed by atoms with Crippen LogP contribution in [-0.2, 0) is 28.6 Å². The summed E-state index contributed by atoms with van der Waals surface area (Å²) in [4.78, 5) is 36.8. The maximum absolute atomic E-state index is 12.7. The number of nitrogens with zero attached hydrogens (tertiary/aromatic N) is 1. The first-order valence-corrected chi connectivity index (χ1v) is 21.8. The zero-order chi connectivity index (χ0) is 40.7. The SMILES string of the molecule is CC/C=C/C/C=C/C/C=C/CCCCCCCCC(=O)OCC(COCCC(C(=O)[O-])[N+](C)(C)C)OC(=O)CCCCCCCC/C=C/C=C/CCCCC. The molecule has 0 fully saturated rings. The third-order valence-corrected chi connectivity index (χ3v) is 9.42. The number of rotatable bonds is 38. The Kier molecular flexibility index (Phi) is 35.9. The molecule has 0 saturated heterocycles. The Morgan fingerprint density at radius 3 is 1.62 bits per heavy atom. The largest absolute Gasteiger partial charge is 0.544 e. The molecule has 0 aromatic rings. The van der Waals surface area contributed by atoms with Crippen molar-refractivity contribution < 1.29 is 38.2 Å². The van der Waals surface area contributed by atoms with E-state index in [4.69, 9.17) is 14.2 Å². The van der Waals surface area contributed by atoms with E-state index < -0.39 is 18.1 Å². The van der Waals surface area contributed by atoms with Crippen LogP contribution < -0.4 is 5.11 Å². The Morgan fingerprint density at radius 2 is 1.07 bits per heavy atom. The molecule has 0 rings (SSSR count). The lowest BCUT2D eigenvalue weighted by atomic mass is 10.1. The van der Waals surface area contributed by atoms with E-state index in [2.05, 4.69) is 74.6 Å². The second-order valence-corrected chi connectivity index (χ2v) is 15.6. The van der Waals surface area contributed by atoms with Crippen molar-refractivity contribution in [3.63, 3.8) is 0 Å². The lowest BCUT2D eigenvalue weighted by molar-refractivity contribution is -0.889. The number of likely N-dealkylation sites (N-methyl/N-ethyl adjacent to an activating group) is 1. The van der Waals surface area contributed by atoms with Gasteiger partial charge in [0.1, 0.15) is 12.6 Å². The molecule has 8 nitrogen and oxygen atoms in total. The fraction of sp³-hybridized carbons (Fsp3) is 0.723. The monoisotopic (exact) mass is 772 g/mol. The Hall–Kier alpha value is -2.97. The average Bonchev–Trinajstić information content (AvgIpc) is 3.14. The van der Waals surface area contributed by atoms with Gasteiger partial charge in [-0.25, -0.2) is 0 Å². The molecule has 0 heterocycles. The minimum absolute atomic E-state index is 0.0293. The summed E-state index contributed by atoms with van der Waals surface area (Å²) in [5.74, 6) is -1.77. The molecule has 0 spiro atoms. The standard InChI is InChI=1S/C47H81NO7/c1-6-8-10-12-14-16-18-20-22-24-25-27-29-31-33-35-37-45(49)54-42-43(41-53-40-39-44(47(51)52)48(3,4)5)55-46(50)38-36-34-32-30-28-26-23-21-19-17-15-13-11-9-7-2/h8,10,14-17,19-22,43-44H,6-7,9,11-13,18,23-42H2,1-5H3/b10-8+,16-14+,17-15+,21-19+,22-20+. The maximum Gasteiger partial charge on any atom is 0.306 e. The van der Waals surface area contributed by atoms with Crippen molar-refractivity contribution in [2.75, 3.05) is 41.0 Å². The van der Waals surface area contributed by atoms with Crippen molar-refractivity contribution in [3.05, 3.63) is 60.8 Å². The number of ether oxygens (including phenoxy) is 3. The quantitative estimate of drug-likeness (QED) is 0.0202. The molecule has 0 aliphatic heterocycles. The molecule has 0 aromatic carbocycles. The summed E-state index contributed by atoms with van der Waals surface area (Å²) in [5.41, 5.74) is 0. The molecule has 0 radical (unpaired) electrons. The number of hydrogen-bond donors (Lipinski definition) is 0. The van der Waals surface area contributed by atoms with Crippen LogP contribution in [0.2, 0.25) is 0 Å². The van der Waals surface area contributed by atoms with Gasteiger partial charge in [-0.15, -0.1) is 0 Å². The van der Waals surface area contributed by atoms with Crippen LogP contribution in [0.25, 0.3) is 0 Å². The molecular formula is C47H81NO7. The van der Waals surface area contributed by atoms with E-state index >= 15 is 0 Å². The van der Waals surface area contributed by atoms with E-state index in [9.17, 15) is 19.5 Å². The molecular weight excluding hydrogens is 691 g/mol. The second kappa shape index (κ2) is 37.9. The molecule has 2 unspecified atom stereocenters. The molecule has 0 saturated carbocycles. The molecule has 316 valence electrons. The minimum atomic E-state index is -1.13. The Morgan fingerprint density at radius 1 is 0.582 bits per heavy atom. The van der Waals surface area contributed by atoms with Crippen LogP contribution in [0.15, 0.2) is 60.8 Å². The zero-order valence-corrected chi connectivity index (χ0v) is 35.8. The van der Waals surface area contributed by atoms with Gasteiger partial charge in [0.05, 0.1) is 40.3 Å². The predicted molar refractivity (Wildman–Crippen MR) is 226 cm³/mol. The van der Waals surface area contributed by atoms with Crippen LogP contribution in [0.3, 0.4) is 0 Å². The van der Waals surface area contributed by atoms with Gasteiger partial charge in [0, 0.05) is 19.3 Å². The van der Waals surface area contributed by atoms with E-state index in [0.29, 0.717) is 12.8 Å². The average molecular weight is 772 g/mol. The Balaban J connectivity index is 4.40. The number of hydrogen-bond acceptors (Lipinski definition) is 7. The molecule has 0 N–H and O–H groups in total. The summed E-state index contributed by atoms with van der Waals surface area (Å²) in [6, 6.07) is -0.732. The Bertz CT molecular complexity index is 1090. The van der Waals surface area contributed by atoms with Crippen LogP contribution in [0, 0.1) is 0 Å².